The average molecular weight is 404 g/mol. The summed E-state index contributed by atoms with van der Waals surface area (Å²) in [6, 6.07) is 19.4. The molecule has 3 aromatic carbocycles. The van der Waals surface area contributed by atoms with E-state index in [2.05, 4.69) is 53.8 Å². The molecule has 1 atom stereocenters. The first-order chi connectivity index (χ1) is 14.7. The average Bonchev–Trinajstić information content (AvgIpc) is 3.23. The Bertz CT molecular complexity index is 1050. The lowest BCUT2D eigenvalue weighted by Gasteiger charge is -2.41. The molecule has 5 rings (SSSR count). The van der Waals surface area contributed by atoms with Crippen LogP contribution in [0.4, 0.5) is 0 Å². The van der Waals surface area contributed by atoms with Gasteiger partial charge in [-0.3, -0.25) is 0 Å². The topological polar surface area (TPSA) is 39.7 Å². The van der Waals surface area contributed by atoms with Gasteiger partial charge in [0.25, 0.3) is 0 Å². The standard InChI is InChI=1S/C26H29NO3/c1-28-23-13-12-21-22(16-26(14-5-6-15-26)30-24(21)25(23)29-2)27-17-19-10-7-9-18-8-3-4-11-20(18)19/h3-4,7-13,22,27H,5-6,14-17H2,1-2H3. The number of hydrogen-bond donors (Lipinski definition) is 1. The van der Waals surface area contributed by atoms with Crippen molar-refractivity contribution in [2.45, 2.75) is 50.3 Å². The zero-order valence-corrected chi connectivity index (χ0v) is 17.7. The van der Waals surface area contributed by atoms with Crippen LogP contribution in [-0.2, 0) is 6.54 Å². The highest BCUT2D eigenvalue weighted by molar-refractivity contribution is 5.85. The minimum absolute atomic E-state index is 0.108. The fraction of sp³-hybridized carbons (Fsp3) is 0.385. The van der Waals surface area contributed by atoms with Gasteiger partial charge < -0.3 is 19.5 Å². The van der Waals surface area contributed by atoms with Crippen LogP contribution in [0.5, 0.6) is 17.2 Å². The molecule has 3 aromatic rings. The minimum atomic E-state index is -0.108. The summed E-state index contributed by atoms with van der Waals surface area (Å²) in [4.78, 5) is 0. The molecule has 4 heteroatoms. The molecule has 1 fully saturated rings. The molecule has 0 saturated heterocycles. The van der Waals surface area contributed by atoms with Crippen molar-refractivity contribution in [3.8, 4) is 17.2 Å². The molecule has 1 saturated carbocycles. The Morgan fingerprint density at radius 1 is 0.967 bits per heavy atom. The highest BCUT2D eigenvalue weighted by atomic mass is 16.5. The van der Waals surface area contributed by atoms with Crippen LogP contribution in [0.25, 0.3) is 10.8 Å². The third kappa shape index (κ3) is 3.29. The van der Waals surface area contributed by atoms with E-state index >= 15 is 0 Å². The molecule has 0 amide bonds. The Balaban J connectivity index is 1.50. The summed E-state index contributed by atoms with van der Waals surface area (Å²) in [5.74, 6) is 2.28. The normalized spacial score (nSPS) is 19.5. The van der Waals surface area contributed by atoms with Crippen molar-refractivity contribution in [3.05, 3.63) is 65.7 Å². The van der Waals surface area contributed by atoms with Crippen molar-refractivity contribution < 1.29 is 14.2 Å². The van der Waals surface area contributed by atoms with Gasteiger partial charge in [-0.2, -0.15) is 0 Å². The maximum absolute atomic E-state index is 6.65. The predicted octanol–water partition coefficient (Wildman–Crippen LogP) is 5.78. The predicted molar refractivity (Wildman–Crippen MR) is 120 cm³/mol. The van der Waals surface area contributed by atoms with E-state index in [4.69, 9.17) is 14.2 Å². The number of nitrogens with one attached hydrogen (secondary N) is 1. The first-order valence-corrected chi connectivity index (χ1v) is 10.9. The largest absolute Gasteiger partial charge is 0.493 e. The lowest BCUT2D eigenvalue weighted by molar-refractivity contribution is 0.0330. The van der Waals surface area contributed by atoms with Gasteiger partial charge in [-0.15, -0.1) is 0 Å². The summed E-state index contributed by atoms with van der Waals surface area (Å²) >= 11 is 0. The lowest BCUT2D eigenvalue weighted by atomic mass is 9.85. The van der Waals surface area contributed by atoms with E-state index in [1.165, 1.54) is 29.2 Å². The number of ether oxygens (including phenoxy) is 3. The van der Waals surface area contributed by atoms with Crippen molar-refractivity contribution in [1.29, 1.82) is 0 Å². The molecule has 1 unspecified atom stereocenters. The van der Waals surface area contributed by atoms with Crippen LogP contribution in [0.15, 0.2) is 54.6 Å². The van der Waals surface area contributed by atoms with Crippen molar-refractivity contribution in [1.82, 2.24) is 5.32 Å². The zero-order chi connectivity index (χ0) is 20.6. The molecular weight excluding hydrogens is 374 g/mol. The molecular formula is C26H29NO3. The van der Waals surface area contributed by atoms with Crippen LogP contribution in [0.3, 0.4) is 0 Å². The van der Waals surface area contributed by atoms with E-state index in [-0.39, 0.29) is 11.6 Å². The van der Waals surface area contributed by atoms with Crippen LogP contribution in [-0.4, -0.2) is 19.8 Å². The van der Waals surface area contributed by atoms with E-state index < -0.39 is 0 Å². The van der Waals surface area contributed by atoms with E-state index in [9.17, 15) is 0 Å². The Labute approximate surface area is 178 Å². The molecule has 0 radical (unpaired) electrons. The summed E-state index contributed by atoms with van der Waals surface area (Å²) in [6.45, 7) is 0.815. The monoisotopic (exact) mass is 403 g/mol. The van der Waals surface area contributed by atoms with E-state index in [0.717, 1.165) is 42.9 Å². The maximum atomic E-state index is 6.65. The quantitative estimate of drug-likeness (QED) is 0.586. The van der Waals surface area contributed by atoms with E-state index in [1.54, 1.807) is 14.2 Å². The van der Waals surface area contributed by atoms with Crippen LogP contribution < -0.4 is 19.5 Å². The molecule has 30 heavy (non-hydrogen) atoms. The number of fused-ring (bicyclic) bond motifs is 2. The van der Waals surface area contributed by atoms with Gasteiger partial charge >= 0.3 is 0 Å². The van der Waals surface area contributed by atoms with Crippen molar-refractivity contribution in [3.63, 3.8) is 0 Å². The van der Waals surface area contributed by atoms with Crippen LogP contribution in [0.2, 0.25) is 0 Å². The summed E-state index contributed by atoms with van der Waals surface area (Å²) in [6.07, 6.45) is 5.62. The highest BCUT2D eigenvalue weighted by Gasteiger charge is 2.44. The van der Waals surface area contributed by atoms with Gasteiger partial charge in [-0.05, 0) is 54.2 Å². The first kappa shape index (κ1) is 19.3. The SMILES string of the molecule is COc1ccc2c(c1OC)OC1(CCCC1)CC2NCc1cccc2ccccc12. The Morgan fingerprint density at radius 3 is 2.57 bits per heavy atom. The van der Waals surface area contributed by atoms with Crippen LogP contribution in [0, 0.1) is 0 Å². The molecule has 4 nitrogen and oxygen atoms in total. The molecule has 0 aromatic heterocycles. The molecule has 0 bridgehead atoms. The second-order valence-electron chi connectivity index (χ2n) is 8.49. The fourth-order valence-corrected chi connectivity index (χ4v) is 5.22. The summed E-state index contributed by atoms with van der Waals surface area (Å²) in [7, 11) is 3.37. The van der Waals surface area contributed by atoms with Gasteiger partial charge in [-0.25, -0.2) is 0 Å². The first-order valence-electron chi connectivity index (χ1n) is 10.9. The summed E-state index contributed by atoms with van der Waals surface area (Å²) in [5.41, 5.74) is 2.37. The highest BCUT2D eigenvalue weighted by Crippen LogP contribution is 2.52. The molecule has 2 aliphatic rings. The Hall–Kier alpha value is -2.72. The molecule has 1 spiro atoms. The van der Waals surface area contributed by atoms with Gasteiger partial charge in [0.05, 0.1) is 14.2 Å². The van der Waals surface area contributed by atoms with Crippen molar-refractivity contribution in [2.24, 2.45) is 0 Å². The molecule has 1 aliphatic carbocycles. The van der Waals surface area contributed by atoms with Gasteiger partial charge in [-0.1, -0.05) is 42.5 Å². The smallest absolute Gasteiger partial charge is 0.203 e. The third-order valence-corrected chi connectivity index (χ3v) is 6.73. The number of rotatable bonds is 5. The zero-order valence-electron chi connectivity index (χ0n) is 17.7. The molecule has 1 heterocycles. The van der Waals surface area contributed by atoms with Crippen molar-refractivity contribution >= 4 is 10.8 Å². The summed E-state index contributed by atoms with van der Waals surface area (Å²) in [5, 5.41) is 6.44. The van der Waals surface area contributed by atoms with Gasteiger partial charge in [0.15, 0.2) is 11.5 Å². The van der Waals surface area contributed by atoms with Crippen LogP contribution >= 0.6 is 0 Å². The fourth-order valence-electron chi connectivity index (χ4n) is 5.22. The maximum Gasteiger partial charge on any atom is 0.203 e. The Morgan fingerprint density at radius 2 is 1.77 bits per heavy atom. The molecule has 1 N–H and O–H groups in total. The second-order valence-corrected chi connectivity index (χ2v) is 8.49. The number of benzene rings is 3. The van der Waals surface area contributed by atoms with Crippen molar-refractivity contribution in [2.75, 3.05) is 14.2 Å². The second kappa shape index (κ2) is 7.84. The van der Waals surface area contributed by atoms with Gasteiger partial charge in [0, 0.05) is 24.6 Å². The molecule has 1 aliphatic heterocycles. The van der Waals surface area contributed by atoms with E-state index in [0.29, 0.717) is 5.75 Å². The van der Waals surface area contributed by atoms with Gasteiger partial charge in [0.1, 0.15) is 5.60 Å². The van der Waals surface area contributed by atoms with Gasteiger partial charge in [0.2, 0.25) is 5.75 Å². The molecule has 156 valence electrons. The van der Waals surface area contributed by atoms with E-state index in [1.807, 2.05) is 6.07 Å². The lowest BCUT2D eigenvalue weighted by Crippen LogP contribution is -2.42. The third-order valence-electron chi connectivity index (χ3n) is 6.73. The number of hydrogen-bond acceptors (Lipinski definition) is 4. The minimum Gasteiger partial charge on any atom is -0.493 e. The van der Waals surface area contributed by atoms with Crippen LogP contribution in [0.1, 0.15) is 49.3 Å². The number of methoxy groups -OCH3 is 2. The Kier molecular flexibility index (Phi) is 5.03. The summed E-state index contributed by atoms with van der Waals surface area (Å²) < 4.78 is 17.9.